The number of hydrogen-bond acceptors (Lipinski definition) is 5. The van der Waals surface area contributed by atoms with E-state index < -0.39 is 0 Å². The van der Waals surface area contributed by atoms with E-state index in [0.717, 1.165) is 29.6 Å². The Bertz CT molecular complexity index is 546. The van der Waals surface area contributed by atoms with Crippen LogP contribution in [-0.4, -0.2) is 21.7 Å². The number of aryl methyl sites for hydroxylation is 1. The molecule has 17 heavy (non-hydrogen) atoms. The summed E-state index contributed by atoms with van der Waals surface area (Å²) in [5, 5.41) is 7.91. The van der Waals surface area contributed by atoms with Crippen molar-refractivity contribution in [2.24, 2.45) is 0 Å². The standard InChI is InChI=1S/C11H14N4S2/c1-3-15(10-13-14-11(16)17-10)7-9-6-4-5-8(2)12-9/h4-6H,3,7H2,1-2H3,(H,14,16). The van der Waals surface area contributed by atoms with E-state index in [2.05, 4.69) is 27.0 Å². The van der Waals surface area contributed by atoms with Gasteiger partial charge in [0.25, 0.3) is 0 Å². The molecule has 2 rings (SSSR count). The lowest BCUT2D eigenvalue weighted by atomic mass is 10.3. The minimum absolute atomic E-state index is 0.704. The number of anilines is 1. The zero-order chi connectivity index (χ0) is 12.3. The molecule has 90 valence electrons. The number of aromatic nitrogens is 3. The Morgan fingerprint density at radius 2 is 2.29 bits per heavy atom. The van der Waals surface area contributed by atoms with Crippen LogP contribution in [0.15, 0.2) is 18.2 Å². The molecule has 0 radical (unpaired) electrons. The molecule has 0 fully saturated rings. The molecule has 0 aliphatic rings. The molecule has 0 amide bonds. The third-order valence-electron chi connectivity index (χ3n) is 2.38. The van der Waals surface area contributed by atoms with Crippen LogP contribution in [-0.2, 0) is 6.54 Å². The lowest BCUT2D eigenvalue weighted by Crippen LogP contribution is -2.22. The number of hydrogen-bond donors (Lipinski definition) is 1. The van der Waals surface area contributed by atoms with Crippen molar-refractivity contribution in [1.82, 2.24) is 15.2 Å². The van der Waals surface area contributed by atoms with Crippen molar-refractivity contribution in [3.63, 3.8) is 0 Å². The third kappa shape index (κ3) is 3.10. The zero-order valence-corrected chi connectivity index (χ0v) is 11.4. The number of H-pyrrole nitrogens is 1. The Labute approximate surface area is 109 Å². The van der Waals surface area contributed by atoms with Gasteiger partial charge >= 0.3 is 0 Å². The fourth-order valence-corrected chi connectivity index (χ4v) is 2.50. The van der Waals surface area contributed by atoms with Crippen LogP contribution >= 0.6 is 23.6 Å². The van der Waals surface area contributed by atoms with Crippen molar-refractivity contribution in [2.45, 2.75) is 20.4 Å². The topological polar surface area (TPSA) is 44.8 Å². The molecule has 0 bridgehead atoms. The van der Waals surface area contributed by atoms with Gasteiger partial charge in [-0.2, -0.15) is 0 Å². The fraction of sp³-hybridized carbons (Fsp3) is 0.364. The molecule has 0 spiro atoms. The maximum absolute atomic E-state index is 5.04. The molecule has 4 nitrogen and oxygen atoms in total. The maximum Gasteiger partial charge on any atom is 0.207 e. The molecule has 0 saturated carbocycles. The van der Waals surface area contributed by atoms with Crippen LogP contribution in [0.3, 0.4) is 0 Å². The molecule has 0 aliphatic heterocycles. The third-order valence-corrected chi connectivity index (χ3v) is 3.53. The summed E-state index contributed by atoms with van der Waals surface area (Å²) in [5.41, 5.74) is 2.08. The van der Waals surface area contributed by atoms with E-state index in [9.17, 15) is 0 Å². The Kier molecular flexibility index (Phi) is 3.86. The van der Waals surface area contributed by atoms with E-state index in [0.29, 0.717) is 3.95 Å². The van der Waals surface area contributed by atoms with Crippen LogP contribution in [0.25, 0.3) is 0 Å². The molecule has 0 aromatic carbocycles. The molecular formula is C11H14N4S2. The summed E-state index contributed by atoms with van der Waals surface area (Å²) < 4.78 is 0.704. The number of rotatable bonds is 4. The molecule has 0 atom stereocenters. The van der Waals surface area contributed by atoms with Crippen LogP contribution in [0.4, 0.5) is 5.13 Å². The van der Waals surface area contributed by atoms with Gasteiger partial charge in [0.05, 0.1) is 12.2 Å². The van der Waals surface area contributed by atoms with E-state index in [1.54, 1.807) is 0 Å². The number of pyridine rings is 1. The van der Waals surface area contributed by atoms with Crippen molar-refractivity contribution in [3.8, 4) is 0 Å². The summed E-state index contributed by atoms with van der Waals surface area (Å²) in [6.07, 6.45) is 0. The first kappa shape index (κ1) is 12.2. The summed E-state index contributed by atoms with van der Waals surface area (Å²) in [6, 6.07) is 6.05. The van der Waals surface area contributed by atoms with Gasteiger partial charge in [-0.3, -0.25) is 10.1 Å². The zero-order valence-electron chi connectivity index (χ0n) is 9.80. The molecule has 0 unspecified atom stereocenters. The van der Waals surface area contributed by atoms with E-state index in [-0.39, 0.29) is 0 Å². The summed E-state index contributed by atoms with van der Waals surface area (Å²) in [5.74, 6) is 0. The van der Waals surface area contributed by atoms with Crippen LogP contribution in [0.5, 0.6) is 0 Å². The molecule has 0 aliphatic carbocycles. The van der Waals surface area contributed by atoms with Crippen molar-refractivity contribution in [1.29, 1.82) is 0 Å². The minimum atomic E-state index is 0.704. The van der Waals surface area contributed by atoms with Crippen molar-refractivity contribution < 1.29 is 0 Å². The second-order valence-corrected chi connectivity index (χ2v) is 5.32. The van der Waals surface area contributed by atoms with Gasteiger partial charge in [-0.25, -0.2) is 0 Å². The molecule has 2 heterocycles. The molecule has 2 aromatic heterocycles. The maximum atomic E-state index is 5.04. The monoisotopic (exact) mass is 266 g/mol. The van der Waals surface area contributed by atoms with E-state index >= 15 is 0 Å². The van der Waals surface area contributed by atoms with Gasteiger partial charge in [-0.1, -0.05) is 17.4 Å². The average molecular weight is 266 g/mol. The SMILES string of the molecule is CCN(Cc1cccc(C)n1)c1n[nH]c(=S)s1. The predicted octanol–water partition coefficient (Wildman–Crippen LogP) is 2.93. The van der Waals surface area contributed by atoms with Crippen LogP contribution in [0.1, 0.15) is 18.3 Å². The lowest BCUT2D eigenvalue weighted by Gasteiger charge is -2.18. The largest absolute Gasteiger partial charge is 0.341 e. The minimum Gasteiger partial charge on any atom is -0.341 e. The van der Waals surface area contributed by atoms with Gasteiger partial charge in [0, 0.05) is 12.2 Å². The van der Waals surface area contributed by atoms with Gasteiger partial charge in [-0.05, 0) is 38.2 Å². The van der Waals surface area contributed by atoms with Crippen LogP contribution < -0.4 is 4.90 Å². The molecule has 6 heteroatoms. The van der Waals surface area contributed by atoms with Gasteiger partial charge in [0.15, 0.2) is 3.95 Å². The summed E-state index contributed by atoms with van der Waals surface area (Å²) in [7, 11) is 0. The van der Waals surface area contributed by atoms with Crippen LogP contribution in [0, 0.1) is 10.9 Å². The Balaban J connectivity index is 2.18. The number of nitrogens with one attached hydrogen (secondary N) is 1. The Morgan fingerprint density at radius 1 is 1.47 bits per heavy atom. The highest BCUT2D eigenvalue weighted by Crippen LogP contribution is 2.19. The summed E-state index contributed by atoms with van der Waals surface area (Å²) >= 11 is 6.53. The van der Waals surface area contributed by atoms with Gasteiger partial charge in [0.2, 0.25) is 5.13 Å². The van der Waals surface area contributed by atoms with Gasteiger partial charge < -0.3 is 4.90 Å². The van der Waals surface area contributed by atoms with E-state index in [1.807, 2.05) is 25.1 Å². The molecular weight excluding hydrogens is 252 g/mol. The Morgan fingerprint density at radius 3 is 2.88 bits per heavy atom. The lowest BCUT2D eigenvalue weighted by molar-refractivity contribution is 0.792. The van der Waals surface area contributed by atoms with Crippen molar-refractivity contribution >= 4 is 28.7 Å². The highest BCUT2D eigenvalue weighted by molar-refractivity contribution is 7.73. The average Bonchev–Trinajstić information content (AvgIpc) is 2.73. The molecule has 1 N–H and O–H groups in total. The first-order valence-corrected chi connectivity index (χ1v) is 6.64. The number of aromatic amines is 1. The first-order chi connectivity index (χ1) is 8.19. The van der Waals surface area contributed by atoms with E-state index in [1.165, 1.54) is 11.3 Å². The van der Waals surface area contributed by atoms with Crippen molar-refractivity contribution in [2.75, 3.05) is 11.4 Å². The van der Waals surface area contributed by atoms with Crippen LogP contribution in [0.2, 0.25) is 0 Å². The highest BCUT2D eigenvalue weighted by Gasteiger charge is 2.09. The van der Waals surface area contributed by atoms with Gasteiger partial charge in [-0.15, -0.1) is 5.10 Å². The Hall–Kier alpha value is -1.27. The number of nitrogens with zero attached hydrogens (tertiary/aromatic N) is 3. The van der Waals surface area contributed by atoms with E-state index in [4.69, 9.17) is 12.2 Å². The van der Waals surface area contributed by atoms with Crippen molar-refractivity contribution in [3.05, 3.63) is 33.5 Å². The van der Waals surface area contributed by atoms with Gasteiger partial charge in [0.1, 0.15) is 0 Å². The second kappa shape index (κ2) is 5.37. The summed E-state index contributed by atoms with van der Waals surface area (Å²) in [6.45, 7) is 5.73. The predicted molar refractivity (Wildman–Crippen MR) is 73.0 cm³/mol. The smallest absolute Gasteiger partial charge is 0.207 e. The highest BCUT2D eigenvalue weighted by atomic mass is 32.1. The molecule has 2 aromatic rings. The summed E-state index contributed by atoms with van der Waals surface area (Å²) in [4.78, 5) is 6.64. The fourth-order valence-electron chi connectivity index (χ4n) is 1.56. The quantitative estimate of drug-likeness (QED) is 0.864. The first-order valence-electron chi connectivity index (χ1n) is 5.42. The normalized spacial score (nSPS) is 10.5. The molecule has 0 saturated heterocycles. The second-order valence-electron chi connectivity index (χ2n) is 3.68.